The molecule has 2 aliphatic carbocycles. The molecule has 4 atom stereocenters. The van der Waals surface area contributed by atoms with Crippen molar-refractivity contribution in [2.75, 3.05) is 0 Å². The number of allylic oxidation sites excluding steroid dienone is 2. The van der Waals surface area contributed by atoms with Gasteiger partial charge in [0.2, 0.25) is 0 Å². The lowest BCUT2D eigenvalue weighted by atomic mass is 9.60. The standard InChI is InChI=1S/C14H22/c1-9-10(2)12(4)14-8-6-5-7-13(14)11(9)3/h9-10,13-14H,3-8H2,1-2H3. The van der Waals surface area contributed by atoms with Gasteiger partial charge in [-0.05, 0) is 36.5 Å². The normalized spacial score (nSPS) is 43.6. The molecule has 0 nitrogen and oxygen atoms in total. The first-order valence-electron chi connectivity index (χ1n) is 6.00. The molecule has 2 fully saturated rings. The second-order valence-corrected chi connectivity index (χ2v) is 5.22. The maximum absolute atomic E-state index is 4.32. The summed E-state index contributed by atoms with van der Waals surface area (Å²) in [5, 5.41) is 0. The summed E-state index contributed by atoms with van der Waals surface area (Å²) in [6.07, 6.45) is 5.52. The van der Waals surface area contributed by atoms with Crippen LogP contribution in [0.2, 0.25) is 0 Å². The van der Waals surface area contributed by atoms with Gasteiger partial charge in [-0.15, -0.1) is 0 Å². The van der Waals surface area contributed by atoms with Crippen LogP contribution in [-0.2, 0) is 0 Å². The highest BCUT2D eigenvalue weighted by molar-refractivity contribution is 5.25. The van der Waals surface area contributed by atoms with Gasteiger partial charge < -0.3 is 0 Å². The fourth-order valence-electron chi connectivity index (χ4n) is 3.34. The van der Waals surface area contributed by atoms with Crippen molar-refractivity contribution in [3.05, 3.63) is 24.3 Å². The Bertz CT molecular complexity index is 233. The molecule has 0 aromatic carbocycles. The van der Waals surface area contributed by atoms with E-state index in [2.05, 4.69) is 27.0 Å². The van der Waals surface area contributed by atoms with E-state index < -0.39 is 0 Å². The first-order chi connectivity index (χ1) is 6.63. The van der Waals surface area contributed by atoms with Crippen LogP contribution in [0, 0.1) is 23.7 Å². The highest BCUT2D eigenvalue weighted by Crippen LogP contribution is 2.49. The molecule has 0 amide bonds. The molecule has 0 spiro atoms. The van der Waals surface area contributed by atoms with E-state index in [4.69, 9.17) is 0 Å². The van der Waals surface area contributed by atoms with Gasteiger partial charge in [0.05, 0.1) is 0 Å². The molecule has 0 N–H and O–H groups in total. The van der Waals surface area contributed by atoms with E-state index in [-0.39, 0.29) is 0 Å². The van der Waals surface area contributed by atoms with Gasteiger partial charge >= 0.3 is 0 Å². The third-order valence-electron chi connectivity index (χ3n) is 4.64. The Labute approximate surface area is 88.1 Å². The molecule has 0 aliphatic heterocycles. The summed E-state index contributed by atoms with van der Waals surface area (Å²) in [6.45, 7) is 13.3. The van der Waals surface area contributed by atoms with Crippen LogP contribution in [0.4, 0.5) is 0 Å². The van der Waals surface area contributed by atoms with E-state index in [1.807, 2.05) is 0 Å². The Hall–Kier alpha value is -0.520. The average Bonchev–Trinajstić information content (AvgIpc) is 2.23. The van der Waals surface area contributed by atoms with Crippen molar-refractivity contribution >= 4 is 0 Å². The topological polar surface area (TPSA) is 0 Å². The molecule has 0 bridgehead atoms. The molecule has 2 aliphatic rings. The lowest BCUT2D eigenvalue weighted by Gasteiger charge is -2.45. The summed E-state index contributed by atoms with van der Waals surface area (Å²) >= 11 is 0. The van der Waals surface area contributed by atoms with Gasteiger partial charge in [-0.1, -0.05) is 51.0 Å². The van der Waals surface area contributed by atoms with E-state index >= 15 is 0 Å². The molecule has 0 heteroatoms. The molecule has 0 aromatic rings. The van der Waals surface area contributed by atoms with E-state index in [0.717, 1.165) is 11.8 Å². The SMILES string of the molecule is C=C1C(C)C(C)C(=C)C2CCCCC12. The smallest absolute Gasteiger partial charge is 0.0137 e. The monoisotopic (exact) mass is 190 g/mol. The molecule has 0 radical (unpaired) electrons. The molecule has 0 aromatic heterocycles. The van der Waals surface area contributed by atoms with Crippen LogP contribution in [0.5, 0.6) is 0 Å². The summed E-state index contributed by atoms with van der Waals surface area (Å²) in [4.78, 5) is 0. The van der Waals surface area contributed by atoms with Crippen LogP contribution in [0.15, 0.2) is 24.3 Å². The van der Waals surface area contributed by atoms with Crippen LogP contribution < -0.4 is 0 Å². The highest BCUT2D eigenvalue weighted by atomic mass is 14.4. The van der Waals surface area contributed by atoms with Crippen molar-refractivity contribution in [2.45, 2.75) is 39.5 Å². The van der Waals surface area contributed by atoms with Gasteiger partial charge in [-0.25, -0.2) is 0 Å². The number of hydrogen-bond donors (Lipinski definition) is 0. The van der Waals surface area contributed by atoms with E-state index in [0.29, 0.717) is 11.8 Å². The molecule has 0 saturated heterocycles. The van der Waals surface area contributed by atoms with Crippen LogP contribution in [-0.4, -0.2) is 0 Å². The molecule has 78 valence electrons. The molecule has 2 saturated carbocycles. The molecule has 0 heterocycles. The molecular formula is C14H22. The van der Waals surface area contributed by atoms with Crippen LogP contribution in [0.1, 0.15) is 39.5 Å². The summed E-state index contributed by atoms with van der Waals surface area (Å²) in [6, 6.07) is 0. The van der Waals surface area contributed by atoms with Gasteiger partial charge in [0.15, 0.2) is 0 Å². The van der Waals surface area contributed by atoms with Crippen LogP contribution in [0.25, 0.3) is 0 Å². The zero-order chi connectivity index (χ0) is 10.3. The van der Waals surface area contributed by atoms with Gasteiger partial charge in [0.25, 0.3) is 0 Å². The Morgan fingerprint density at radius 3 is 1.57 bits per heavy atom. The zero-order valence-electron chi connectivity index (χ0n) is 9.55. The minimum atomic E-state index is 0.654. The second kappa shape index (κ2) is 3.56. The predicted octanol–water partition coefficient (Wildman–Crippen LogP) is 4.19. The summed E-state index contributed by atoms with van der Waals surface area (Å²) in [5.74, 6) is 2.84. The Kier molecular flexibility index (Phi) is 2.55. The maximum atomic E-state index is 4.32. The molecule has 4 unspecified atom stereocenters. The Balaban J connectivity index is 2.25. The minimum absolute atomic E-state index is 0.654. The largest absolute Gasteiger partial charge is 0.0993 e. The van der Waals surface area contributed by atoms with E-state index in [9.17, 15) is 0 Å². The Morgan fingerprint density at radius 1 is 0.857 bits per heavy atom. The first kappa shape index (κ1) is 10.0. The average molecular weight is 190 g/mol. The fraction of sp³-hybridized carbons (Fsp3) is 0.714. The van der Waals surface area contributed by atoms with E-state index in [1.165, 1.54) is 36.8 Å². The van der Waals surface area contributed by atoms with Crippen molar-refractivity contribution < 1.29 is 0 Å². The van der Waals surface area contributed by atoms with Crippen LogP contribution >= 0.6 is 0 Å². The molecule has 2 rings (SSSR count). The summed E-state index contributed by atoms with van der Waals surface area (Å²) in [5.41, 5.74) is 3.02. The van der Waals surface area contributed by atoms with Gasteiger partial charge in [-0.2, -0.15) is 0 Å². The first-order valence-corrected chi connectivity index (χ1v) is 6.00. The Morgan fingerprint density at radius 2 is 1.21 bits per heavy atom. The lowest BCUT2D eigenvalue weighted by molar-refractivity contribution is 0.224. The summed E-state index contributed by atoms with van der Waals surface area (Å²) < 4.78 is 0. The second-order valence-electron chi connectivity index (χ2n) is 5.22. The molecular weight excluding hydrogens is 168 g/mol. The third-order valence-corrected chi connectivity index (χ3v) is 4.64. The summed E-state index contributed by atoms with van der Waals surface area (Å²) in [7, 11) is 0. The minimum Gasteiger partial charge on any atom is -0.0993 e. The third kappa shape index (κ3) is 1.36. The van der Waals surface area contributed by atoms with Crippen molar-refractivity contribution in [3.63, 3.8) is 0 Å². The van der Waals surface area contributed by atoms with Crippen molar-refractivity contribution in [3.8, 4) is 0 Å². The van der Waals surface area contributed by atoms with Gasteiger partial charge in [-0.3, -0.25) is 0 Å². The lowest BCUT2D eigenvalue weighted by Crippen LogP contribution is -2.35. The number of fused-ring (bicyclic) bond motifs is 1. The van der Waals surface area contributed by atoms with Gasteiger partial charge in [0.1, 0.15) is 0 Å². The van der Waals surface area contributed by atoms with Gasteiger partial charge in [0, 0.05) is 0 Å². The predicted molar refractivity (Wildman–Crippen MR) is 62.1 cm³/mol. The zero-order valence-corrected chi connectivity index (χ0v) is 9.55. The number of rotatable bonds is 0. The maximum Gasteiger partial charge on any atom is -0.0137 e. The van der Waals surface area contributed by atoms with E-state index in [1.54, 1.807) is 0 Å². The van der Waals surface area contributed by atoms with Crippen molar-refractivity contribution in [1.82, 2.24) is 0 Å². The number of hydrogen-bond acceptors (Lipinski definition) is 0. The molecule has 14 heavy (non-hydrogen) atoms. The fourth-order valence-corrected chi connectivity index (χ4v) is 3.34. The quantitative estimate of drug-likeness (QED) is 0.502. The highest BCUT2D eigenvalue weighted by Gasteiger charge is 2.39. The van der Waals surface area contributed by atoms with Crippen LogP contribution in [0.3, 0.4) is 0 Å². The van der Waals surface area contributed by atoms with Crippen molar-refractivity contribution in [1.29, 1.82) is 0 Å². The van der Waals surface area contributed by atoms with Crippen molar-refractivity contribution in [2.24, 2.45) is 23.7 Å².